The topological polar surface area (TPSA) is 80.8 Å². The molecule has 3 rings (SSSR count). The van der Waals surface area contributed by atoms with Crippen LogP contribution in [0.4, 0.5) is 0 Å². The number of benzene rings is 2. The number of aromatic amines is 1. The zero-order valence-electron chi connectivity index (χ0n) is 15.5. The number of carbonyl (C=O) groups is 1. The molecule has 1 aromatic heterocycles. The molecule has 0 amide bonds. The number of nitrogens with one attached hydrogen (secondary N) is 1. The average Bonchev–Trinajstić information content (AvgIpc) is 2.99. The van der Waals surface area contributed by atoms with E-state index in [2.05, 4.69) is 20.9 Å². The van der Waals surface area contributed by atoms with Crippen molar-refractivity contribution in [1.82, 2.24) is 4.98 Å². The van der Waals surface area contributed by atoms with Gasteiger partial charge in [0.25, 0.3) is 0 Å². The van der Waals surface area contributed by atoms with Gasteiger partial charge in [0.15, 0.2) is 11.5 Å². The summed E-state index contributed by atoms with van der Waals surface area (Å²) >= 11 is 3.56. The minimum Gasteiger partial charge on any atom is -0.497 e. The van der Waals surface area contributed by atoms with E-state index < -0.39 is 5.97 Å². The predicted octanol–water partition coefficient (Wildman–Crippen LogP) is 4.56. The minimum atomic E-state index is -0.908. The molecule has 0 aliphatic rings. The van der Waals surface area contributed by atoms with Crippen molar-refractivity contribution in [3.63, 3.8) is 0 Å². The molecule has 3 aromatic rings. The van der Waals surface area contributed by atoms with Crippen molar-refractivity contribution in [2.75, 3.05) is 21.3 Å². The molecule has 0 aliphatic carbocycles. The number of methoxy groups -OCH3 is 3. The summed E-state index contributed by atoms with van der Waals surface area (Å²) in [7, 11) is 4.72. The maximum Gasteiger partial charge on any atom is 0.307 e. The van der Waals surface area contributed by atoms with Gasteiger partial charge >= 0.3 is 5.97 Å². The molecule has 142 valence electrons. The Morgan fingerprint density at radius 3 is 2.33 bits per heavy atom. The second-order valence-electron chi connectivity index (χ2n) is 6.10. The maximum atomic E-state index is 11.5. The average molecular weight is 434 g/mol. The fraction of sp³-hybridized carbons (Fsp3) is 0.250. The summed E-state index contributed by atoms with van der Waals surface area (Å²) in [6.07, 6.45) is -0.122. The minimum absolute atomic E-state index is 0.122. The van der Waals surface area contributed by atoms with Crippen molar-refractivity contribution >= 4 is 32.8 Å². The highest BCUT2D eigenvalue weighted by Crippen LogP contribution is 2.42. The van der Waals surface area contributed by atoms with Crippen molar-refractivity contribution in [3.05, 3.63) is 39.9 Å². The summed E-state index contributed by atoms with van der Waals surface area (Å²) in [5.41, 5.74) is 4.05. The molecular formula is C20H20BrNO5. The van der Waals surface area contributed by atoms with Crippen LogP contribution >= 0.6 is 15.9 Å². The third kappa shape index (κ3) is 3.47. The first-order valence-electron chi connectivity index (χ1n) is 8.22. The number of aryl methyl sites for hydroxylation is 1. The Morgan fingerprint density at radius 2 is 1.74 bits per heavy atom. The van der Waals surface area contributed by atoms with Crippen LogP contribution in [-0.4, -0.2) is 37.4 Å². The van der Waals surface area contributed by atoms with E-state index in [1.54, 1.807) is 27.4 Å². The van der Waals surface area contributed by atoms with Gasteiger partial charge in [0.2, 0.25) is 0 Å². The Kier molecular flexibility index (Phi) is 5.32. The van der Waals surface area contributed by atoms with Gasteiger partial charge in [0.1, 0.15) is 5.75 Å². The standard InChI is InChI=1S/C20H20BrNO5/c1-10-5-11(25-2)6-12-13(8-18(23)24)20(22-19(10)12)14-7-16(26-3)17(27-4)9-15(14)21/h5-7,9,22H,8H2,1-4H3,(H,23,24). The SMILES string of the molecule is COc1cc(C)c2[nH]c(-c3cc(OC)c(OC)cc3Br)c(CC(=O)O)c2c1. The van der Waals surface area contributed by atoms with E-state index >= 15 is 0 Å². The molecule has 0 unspecified atom stereocenters. The molecule has 0 atom stereocenters. The monoisotopic (exact) mass is 433 g/mol. The molecule has 0 saturated heterocycles. The van der Waals surface area contributed by atoms with Crippen LogP contribution in [0.1, 0.15) is 11.1 Å². The van der Waals surface area contributed by atoms with Crippen molar-refractivity contribution in [1.29, 1.82) is 0 Å². The highest BCUT2D eigenvalue weighted by molar-refractivity contribution is 9.10. The van der Waals surface area contributed by atoms with Gasteiger partial charge in [-0.3, -0.25) is 4.79 Å². The number of H-pyrrole nitrogens is 1. The van der Waals surface area contributed by atoms with Crippen molar-refractivity contribution < 1.29 is 24.1 Å². The highest BCUT2D eigenvalue weighted by atomic mass is 79.9. The summed E-state index contributed by atoms with van der Waals surface area (Å²) in [5.74, 6) is 0.921. The van der Waals surface area contributed by atoms with E-state index in [4.69, 9.17) is 14.2 Å². The largest absolute Gasteiger partial charge is 0.497 e. The summed E-state index contributed by atoms with van der Waals surface area (Å²) < 4.78 is 16.9. The van der Waals surface area contributed by atoms with Crippen LogP contribution in [0.15, 0.2) is 28.7 Å². The van der Waals surface area contributed by atoms with Gasteiger partial charge in [-0.2, -0.15) is 0 Å². The molecule has 2 N–H and O–H groups in total. The number of fused-ring (bicyclic) bond motifs is 1. The van der Waals surface area contributed by atoms with Crippen LogP contribution in [0.2, 0.25) is 0 Å². The quantitative estimate of drug-likeness (QED) is 0.595. The number of aliphatic carboxylic acids is 1. The molecule has 2 aromatic carbocycles. The second kappa shape index (κ2) is 7.52. The van der Waals surface area contributed by atoms with Crippen molar-refractivity contribution in [2.24, 2.45) is 0 Å². The Bertz CT molecular complexity index is 1030. The van der Waals surface area contributed by atoms with Crippen molar-refractivity contribution in [3.8, 4) is 28.5 Å². The number of ether oxygens (including phenoxy) is 3. The van der Waals surface area contributed by atoms with Gasteiger partial charge in [-0.1, -0.05) is 0 Å². The first-order chi connectivity index (χ1) is 12.9. The Hall–Kier alpha value is -2.67. The third-order valence-electron chi connectivity index (χ3n) is 4.49. The number of carboxylic acids is 1. The van der Waals surface area contributed by atoms with Crippen molar-refractivity contribution in [2.45, 2.75) is 13.3 Å². The summed E-state index contributed by atoms with van der Waals surface area (Å²) in [6, 6.07) is 7.40. The first kappa shape index (κ1) is 19.1. The molecule has 0 saturated carbocycles. The number of hydrogen-bond acceptors (Lipinski definition) is 4. The predicted molar refractivity (Wildman–Crippen MR) is 107 cm³/mol. The molecule has 0 aliphatic heterocycles. The third-order valence-corrected chi connectivity index (χ3v) is 5.15. The Labute approximate surface area is 165 Å². The molecule has 1 heterocycles. The molecule has 0 radical (unpaired) electrons. The summed E-state index contributed by atoms with van der Waals surface area (Å²) in [4.78, 5) is 14.9. The summed E-state index contributed by atoms with van der Waals surface area (Å²) in [6.45, 7) is 1.96. The van der Waals surface area contributed by atoms with Gasteiger partial charge in [0, 0.05) is 20.9 Å². The van der Waals surface area contributed by atoms with E-state index in [-0.39, 0.29) is 6.42 Å². The van der Waals surface area contributed by atoms with Gasteiger partial charge in [-0.05, 0) is 58.2 Å². The van der Waals surface area contributed by atoms with E-state index in [9.17, 15) is 9.90 Å². The Balaban J connectivity index is 2.34. The molecule has 0 fully saturated rings. The molecule has 0 spiro atoms. The Morgan fingerprint density at radius 1 is 1.07 bits per heavy atom. The van der Waals surface area contributed by atoms with Crippen LogP contribution in [0.3, 0.4) is 0 Å². The fourth-order valence-electron chi connectivity index (χ4n) is 3.22. The first-order valence-corrected chi connectivity index (χ1v) is 9.01. The smallest absolute Gasteiger partial charge is 0.307 e. The van der Waals surface area contributed by atoms with E-state index in [1.165, 1.54) is 0 Å². The second-order valence-corrected chi connectivity index (χ2v) is 6.96. The van der Waals surface area contributed by atoms with Crippen LogP contribution in [0.5, 0.6) is 17.2 Å². The van der Waals surface area contributed by atoms with E-state index in [0.29, 0.717) is 22.8 Å². The van der Waals surface area contributed by atoms with E-state index in [1.807, 2.05) is 25.1 Å². The zero-order valence-corrected chi connectivity index (χ0v) is 17.1. The lowest BCUT2D eigenvalue weighted by atomic mass is 10.0. The van der Waals surface area contributed by atoms with E-state index in [0.717, 1.165) is 32.2 Å². The normalized spacial score (nSPS) is 10.9. The maximum absolute atomic E-state index is 11.5. The highest BCUT2D eigenvalue weighted by Gasteiger charge is 2.21. The number of rotatable bonds is 6. The molecule has 6 nitrogen and oxygen atoms in total. The number of aromatic nitrogens is 1. The lowest BCUT2D eigenvalue weighted by Crippen LogP contribution is -2.01. The molecular weight excluding hydrogens is 414 g/mol. The molecule has 0 bridgehead atoms. The summed E-state index contributed by atoms with van der Waals surface area (Å²) in [5, 5.41) is 10.3. The lowest BCUT2D eigenvalue weighted by Gasteiger charge is -2.12. The van der Waals surface area contributed by atoms with Crippen LogP contribution < -0.4 is 14.2 Å². The van der Waals surface area contributed by atoms with Crippen LogP contribution in [0.25, 0.3) is 22.2 Å². The number of halogens is 1. The zero-order chi connectivity index (χ0) is 19.7. The molecule has 7 heteroatoms. The fourth-order valence-corrected chi connectivity index (χ4v) is 3.74. The van der Waals surface area contributed by atoms with Gasteiger partial charge in [-0.25, -0.2) is 0 Å². The van der Waals surface area contributed by atoms with Gasteiger partial charge < -0.3 is 24.3 Å². The number of carboxylic acid groups (broad SMARTS) is 1. The lowest BCUT2D eigenvalue weighted by molar-refractivity contribution is -0.136. The van der Waals surface area contributed by atoms with Gasteiger partial charge in [0.05, 0.1) is 33.4 Å². The van der Waals surface area contributed by atoms with Gasteiger partial charge in [-0.15, -0.1) is 0 Å². The number of hydrogen-bond donors (Lipinski definition) is 2. The van der Waals surface area contributed by atoms with Crippen LogP contribution in [-0.2, 0) is 11.2 Å². The molecule has 27 heavy (non-hydrogen) atoms. The van der Waals surface area contributed by atoms with Crippen LogP contribution in [0, 0.1) is 6.92 Å².